The van der Waals surface area contributed by atoms with Crippen LogP contribution in [-0.4, -0.2) is 8.97 Å². The third-order valence-electron chi connectivity index (χ3n) is 15.0. The quantitative estimate of drug-likeness (QED) is 0.162. The van der Waals surface area contributed by atoms with Gasteiger partial charge in [0.05, 0.1) is 33.2 Å². The molecule has 66 heavy (non-hydrogen) atoms. The molecule has 9 aromatic carbocycles. The maximum Gasteiger partial charge on any atom is 0.263 e. The van der Waals surface area contributed by atoms with Gasteiger partial charge in [0.2, 0.25) is 0 Å². The van der Waals surface area contributed by atoms with E-state index in [1.807, 2.05) is 40.0 Å². The highest BCUT2D eigenvalue weighted by Gasteiger charge is 2.52. The molecule has 15 rings (SSSR count). The maximum absolute atomic E-state index is 14.3. The molecular weight excluding hydrogens is 821 g/mol. The Balaban J connectivity index is 1.06. The fraction of sp³-hybridized carbons (Fsp3) is 0.0161. The van der Waals surface area contributed by atoms with Crippen LogP contribution in [0.2, 0.25) is 0 Å². The lowest BCUT2D eigenvalue weighted by Gasteiger charge is -2.31. The second-order valence-corrected chi connectivity index (χ2v) is 19.0. The summed E-state index contributed by atoms with van der Waals surface area (Å²) in [5.74, 6) is 0. The Hall–Kier alpha value is -8.31. The van der Waals surface area contributed by atoms with Crippen LogP contribution in [0.4, 0.5) is 0 Å². The number of rotatable bonds is 4. The van der Waals surface area contributed by atoms with Crippen LogP contribution in [0.15, 0.2) is 218 Å². The first-order chi connectivity index (χ1) is 32.6. The van der Waals surface area contributed by atoms with Crippen molar-refractivity contribution in [3.63, 3.8) is 0 Å². The van der Waals surface area contributed by atoms with E-state index in [0.29, 0.717) is 0 Å². The van der Waals surface area contributed by atoms with Gasteiger partial charge in [-0.05, 0) is 110 Å². The molecule has 2 aliphatic carbocycles. The lowest BCUT2D eigenvalue weighted by molar-refractivity contribution is 0.788. The van der Waals surface area contributed by atoms with Gasteiger partial charge in [-0.3, -0.25) is 9.20 Å². The number of hydrogen-bond acceptors (Lipinski definition) is 2. The number of para-hydroxylation sites is 2. The van der Waals surface area contributed by atoms with Crippen LogP contribution in [0, 0.1) is 0 Å². The van der Waals surface area contributed by atoms with Gasteiger partial charge in [0, 0.05) is 58.1 Å². The predicted octanol–water partition coefficient (Wildman–Crippen LogP) is 15.8. The lowest BCUT2D eigenvalue weighted by atomic mass is 9.69. The SMILES string of the molecule is C=CC1=C(C=C)C2(c3ccccc31)c1ccccc1-c1cc3c(cc12)c1ccccc1n3-c1cc2sc3ccccc3c2cc1-c1ccc2c(c1)c1cccc3c4ccccc4c(=O)n2c31. The van der Waals surface area contributed by atoms with Gasteiger partial charge in [-0.1, -0.05) is 153 Å². The van der Waals surface area contributed by atoms with Crippen LogP contribution in [0.25, 0.3) is 113 Å². The van der Waals surface area contributed by atoms with Crippen molar-refractivity contribution in [1.29, 1.82) is 0 Å². The molecular formula is C62H36N2OS. The zero-order chi connectivity index (χ0) is 43.6. The summed E-state index contributed by atoms with van der Waals surface area (Å²) in [4.78, 5) is 14.3. The van der Waals surface area contributed by atoms with Crippen LogP contribution in [0.3, 0.4) is 0 Å². The summed E-state index contributed by atoms with van der Waals surface area (Å²) < 4.78 is 6.96. The van der Waals surface area contributed by atoms with Crippen molar-refractivity contribution in [1.82, 2.24) is 8.97 Å². The molecule has 306 valence electrons. The first-order valence-corrected chi connectivity index (χ1v) is 23.3. The number of aromatic nitrogens is 2. The monoisotopic (exact) mass is 856 g/mol. The van der Waals surface area contributed by atoms with E-state index in [1.54, 1.807) is 0 Å². The molecule has 4 heterocycles. The number of benzene rings is 9. The summed E-state index contributed by atoms with van der Waals surface area (Å²) in [6, 6.07) is 66.4. The van der Waals surface area contributed by atoms with Crippen molar-refractivity contribution in [3.05, 3.63) is 245 Å². The smallest absolute Gasteiger partial charge is 0.263 e. The molecule has 4 heteroatoms. The van der Waals surface area contributed by atoms with Crippen molar-refractivity contribution >= 4 is 96.9 Å². The van der Waals surface area contributed by atoms with Gasteiger partial charge < -0.3 is 4.57 Å². The number of pyridine rings is 1. The zero-order valence-electron chi connectivity index (χ0n) is 35.6. The highest BCUT2D eigenvalue weighted by molar-refractivity contribution is 7.25. The minimum atomic E-state index is -0.537. The molecule has 0 saturated carbocycles. The van der Waals surface area contributed by atoms with E-state index in [2.05, 4.69) is 188 Å². The highest BCUT2D eigenvalue weighted by Crippen LogP contribution is 2.63. The van der Waals surface area contributed by atoms with Crippen molar-refractivity contribution < 1.29 is 0 Å². The number of allylic oxidation sites excluding steroid dienone is 4. The fourth-order valence-corrected chi connectivity index (χ4v) is 13.6. The van der Waals surface area contributed by atoms with Crippen LogP contribution < -0.4 is 5.56 Å². The highest BCUT2D eigenvalue weighted by atomic mass is 32.1. The maximum atomic E-state index is 14.3. The van der Waals surface area contributed by atoms with E-state index in [0.717, 1.165) is 71.4 Å². The summed E-state index contributed by atoms with van der Waals surface area (Å²) in [5, 5.41) is 9.85. The van der Waals surface area contributed by atoms with Gasteiger partial charge in [0.1, 0.15) is 0 Å². The third kappa shape index (κ3) is 4.26. The van der Waals surface area contributed by atoms with Gasteiger partial charge in [-0.25, -0.2) is 0 Å². The van der Waals surface area contributed by atoms with E-state index >= 15 is 0 Å². The van der Waals surface area contributed by atoms with Gasteiger partial charge in [-0.15, -0.1) is 11.3 Å². The summed E-state index contributed by atoms with van der Waals surface area (Å²) in [7, 11) is 0. The standard InChI is InChI=1S/C62H36N2OS/c1-3-36-38-17-7-11-24-51(38)62(50(36)4-2)52-25-12-8-18-39(52)46-33-56-48(32-53(46)62)40-19-9-13-26-54(40)63(56)57-34-59-49(41-20-10-14-27-58(41)66-59)31-45(57)35-28-29-55-47(30-35)43-23-15-22-42-37-16-5-6-21-44(37)61(65)64(55)60(42)43/h3-34H,1-2H2. The summed E-state index contributed by atoms with van der Waals surface area (Å²) in [6.07, 6.45) is 4.08. The van der Waals surface area contributed by atoms with Crippen molar-refractivity contribution in [2.45, 2.75) is 5.41 Å². The van der Waals surface area contributed by atoms with Crippen LogP contribution >= 0.6 is 11.3 Å². The zero-order valence-corrected chi connectivity index (χ0v) is 36.4. The van der Waals surface area contributed by atoms with E-state index in [1.165, 1.54) is 69.9 Å². The molecule has 0 radical (unpaired) electrons. The molecule has 1 atom stereocenters. The van der Waals surface area contributed by atoms with E-state index in [9.17, 15) is 4.79 Å². The number of nitrogens with zero attached hydrogens (tertiary/aromatic N) is 2. The predicted molar refractivity (Wildman–Crippen MR) is 279 cm³/mol. The molecule has 4 aromatic heterocycles. The molecule has 0 saturated heterocycles. The summed E-state index contributed by atoms with van der Waals surface area (Å²) in [5.41, 5.74) is 16.8. The Labute approximate surface area is 382 Å². The molecule has 0 aliphatic heterocycles. The number of fused-ring (bicyclic) bond motifs is 18. The Bertz CT molecular complexity index is 4480. The normalized spacial score (nSPS) is 15.5. The minimum Gasteiger partial charge on any atom is -0.309 e. The van der Waals surface area contributed by atoms with Crippen molar-refractivity contribution in [2.24, 2.45) is 0 Å². The Morgan fingerprint density at radius 1 is 0.439 bits per heavy atom. The number of hydrogen-bond donors (Lipinski definition) is 0. The molecule has 1 spiro atoms. The molecule has 0 fully saturated rings. The topological polar surface area (TPSA) is 26.4 Å². The van der Waals surface area contributed by atoms with Crippen LogP contribution in [0.5, 0.6) is 0 Å². The second-order valence-electron chi connectivity index (χ2n) is 17.9. The number of thiophene rings is 1. The minimum absolute atomic E-state index is 0.0163. The Kier molecular flexibility index (Phi) is 6.94. The molecule has 3 nitrogen and oxygen atoms in total. The van der Waals surface area contributed by atoms with E-state index in [4.69, 9.17) is 0 Å². The third-order valence-corrected chi connectivity index (χ3v) is 16.2. The molecule has 0 bridgehead atoms. The summed E-state index contributed by atoms with van der Waals surface area (Å²) in [6.45, 7) is 8.79. The van der Waals surface area contributed by atoms with Crippen molar-refractivity contribution in [3.8, 4) is 27.9 Å². The van der Waals surface area contributed by atoms with Gasteiger partial charge >= 0.3 is 0 Å². The first-order valence-electron chi connectivity index (χ1n) is 22.5. The average molecular weight is 857 g/mol. The molecule has 2 aliphatic rings. The largest absolute Gasteiger partial charge is 0.309 e. The van der Waals surface area contributed by atoms with Crippen LogP contribution in [0.1, 0.15) is 22.3 Å². The molecule has 0 N–H and O–H groups in total. The average Bonchev–Trinajstić information content (AvgIpc) is 4.15. The van der Waals surface area contributed by atoms with E-state index in [-0.39, 0.29) is 5.56 Å². The van der Waals surface area contributed by atoms with Crippen molar-refractivity contribution in [2.75, 3.05) is 0 Å². The van der Waals surface area contributed by atoms with Gasteiger partial charge in [-0.2, -0.15) is 0 Å². The Morgan fingerprint density at radius 3 is 1.92 bits per heavy atom. The first kappa shape index (κ1) is 36.1. The Morgan fingerprint density at radius 2 is 1.11 bits per heavy atom. The molecule has 0 amide bonds. The fourth-order valence-electron chi connectivity index (χ4n) is 12.5. The molecule has 1 unspecified atom stereocenters. The second kappa shape index (κ2) is 12.7. The van der Waals surface area contributed by atoms with Gasteiger partial charge in [0.15, 0.2) is 0 Å². The van der Waals surface area contributed by atoms with Gasteiger partial charge in [0.25, 0.3) is 5.56 Å². The van der Waals surface area contributed by atoms with Crippen LogP contribution in [-0.2, 0) is 5.41 Å². The van der Waals surface area contributed by atoms with E-state index < -0.39 is 5.41 Å². The molecule has 13 aromatic rings. The lowest BCUT2D eigenvalue weighted by Crippen LogP contribution is -2.26. The summed E-state index contributed by atoms with van der Waals surface area (Å²) >= 11 is 1.85.